The lowest BCUT2D eigenvalue weighted by Crippen LogP contribution is -2.65. The van der Waals surface area contributed by atoms with Gasteiger partial charge in [0.25, 0.3) is 0 Å². The second-order valence-electron chi connectivity index (χ2n) is 12.8. The van der Waals surface area contributed by atoms with E-state index in [0.717, 1.165) is 50.5 Å². The van der Waals surface area contributed by atoms with E-state index < -0.39 is 35.5 Å². The van der Waals surface area contributed by atoms with Crippen molar-refractivity contribution in [2.45, 2.75) is 107 Å². The van der Waals surface area contributed by atoms with Gasteiger partial charge in [-0.05, 0) is 82.0 Å². The molecule has 9 nitrogen and oxygen atoms in total. The number of nitrogens with two attached hydrogens (primary N) is 2. The summed E-state index contributed by atoms with van der Waals surface area (Å²) in [5.41, 5.74) is 12.3. The minimum absolute atomic E-state index is 0.112. The van der Waals surface area contributed by atoms with E-state index in [0.29, 0.717) is 38.6 Å². The molecule has 3 rings (SSSR count). The normalized spacial score (nSPS) is 16.9. The number of nitrogens with one attached hydrogen (secondary N) is 2. The van der Waals surface area contributed by atoms with Crippen LogP contribution in [-0.4, -0.2) is 73.1 Å². The predicted octanol–water partition coefficient (Wildman–Crippen LogP) is 3.63. The number of hydrogen-bond acceptors (Lipinski definition) is 7. The molecule has 0 saturated heterocycles. The zero-order valence-electron chi connectivity index (χ0n) is 27.7. The van der Waals surface area contributed by atoms with Crippen LogP contribution in [0.25, 0.3) is 0 Å². The molecule has 1 aliphatic rings. The molecular formula is C37H54N5O4. The first-order chi connectivity index (χ1) is 22.2. The van der Waals surface area contributed by atoms with Gasteiger partial charge in [0.05, 0.1) is 12.1 Å². The van der Waals surface area contributed by atoms with E-state index in [1.54, 1.807) is 7.05 Å². The summed E-state index contributed by atoms with van der Waals surface area (Å²) in [7, 11) is 3.23. The zero-order valence-corrected chi connectivity index (χ0v) is 27.7. The second-order valence-corrected chi connectivity index (χ2v) is 12.8. The third-order valence-corrected chi connectivity index (χ3v) is 9.45. The van der Waals surface area contributed by atoms with Crippen LogP contribution < -0.4 is 22.1 Å². The number of nitrogens with zero attached hydrogens (tertiary/aromatic N) is 1. The fourth-order valence-electron chi connectivity index (χ4n) is 6.63. The lowest BCUT2D eigenvalue weighted by atomic mass is 9.75. The van der Waals surface area contributed by atoms with Gasteiger partial charge in [-0.2, -0.15) is 0 Å². The van der Waals surface area contributed by atoms with E-state index in [1.807, 2.05) is 48.5 Å². The fraction of sp³-hybridized carbons (Fsp3) is 0.568. The van der Waals surface area contributed by atoms with E-state index in [-0.39, 0.29) is 18.1 Å². The molecule has 2 aromatic rings. The van der Waals surface area contributed by atoms with Crippen LogP contribution in [0.1, 0.15) is 81.8 Å². The Morgan fingerprint density at radius 2 is 1.52 bits per heavy atom. The number of rotatable bonds is 20. The summed E-state index contributed by atoms with van der Waals surface area (Å²) in [6.07, 6.45) is 11.2. The van der Waals surface area contributed by atoms with Crippen molar-refractivity contribution >= 4 is 23.9 Å². The summed E-state index contributed by atoms with van der Waals surface area (Å²) in [6, 6.07) is 17.0. The summed E-state index contributed by atoms with van der Waals surface area (Å²) in [6.45, 7) is 0.442. The van der Waals surface area contributed by atoms with Crippen molar-refractivity contribution in [3.8, 4) is 0 Å². The number of aryl methyl sites for hydroxylation is 1. The van der Waals surface area contributed by atoms with Gasteiger partial charge in [-0.1, -0.05) is 92.8 Å². The number of unbranched alkanes of at least 4 members (excludes halogenated alkanes) is 1. The molecule has 1 saturated carbocycles. The number of ketones is 1. The maximum Gasteiger partial charge on any atom is 0.246 e. The van der Waals surface area contributed by atoms with E-state index in [4.69, 9.17) is 11.5 Å². The third-order valence-electron chi connectivity index (χ3n) is 9.45. The van der Waals surface area contributed by atoms with E-state index in [1.165, 1.54) is 17.5 Å². The number of hydrogen-bond donors (Lipinski definition) is 4. The smallest absolute Gasteiger partial charge is 0.246 e. The zero-order chi connectivity index (χ0) is 33.4. The van der Waals surface area contributed by atoms with E-state index in [9.17, 15) is 19.2 Å². The molecule has 0 aliphatic heterocycles. The van der Waals surface area contributed by atoms with E-state index >= 15 is 0 Å². The second kappa shape index (κ2) is 19.3. The highest BCUT2D eigenvalue weighted by Gasteiger charge is 2.50. The van der Waals surface area contributed by atoms with Gasteiger partial charge in [-0.25, -0.2) is 0 Å². The molecule has 6 N–H and O–H groups in total. The van der Waals surface area contributed by atoms with Crippen molar-refractivity contribution < 1.29 is 19.2 Å². The molecule has 0 heterocycles. The van der Waals surface area contributed by atoms with Gasteiger partial charge in [-0.3, -0.25) is 19.2 Å². The van der Waals surface area contributed by atoms with Crippen molar-refractivity contribution in [1.82, 2.24) is 15.5 Å². The molecule has 251 valence electrons. The minimum Gasteiger partial charge on any atom is -0.343 e. The Morgan fingerprint density at radius 3 is 2.11 bits per heavy atom. The first kappa shape index (κ1) is 37.1. The Labute approximate surface area is 275 Å². The van der Waals surface area contributed by atoms with Crippen LogP contribution in [0, 0.1) is 5.92 Å². The predicted molar refractivity (Wildman–Crippen MR) is 183 cm³/mol. The number of benzene rings is 2. The number of Topliss-reactive ketones (excluding diaryl/α,β-unsaturated/α-hetero) is 1. The molecular weight excluding hydrogens is 578 g/mol. The number of carbonyl (C=O) groups excluding carboxylic acids is 4. The average molecular weight is 633 g/mol. The molecule has 4 atom stereocenters. The molecule has 1 fully saturated rings. The topological polar surface area (TPSA) is 148 Å². The summed E-state index contributed by atoms with van der Waals surface area (Å²) >= 11 is 0. The molecule has 2 amide bonds. The highest BCUT2D eigenvalue weighted by atomic mass is 16.2. The Bertz CT molecular complexity index is 1220. The molecule has 0 aromatic heterocycles. The molecule has 0 bridgehead atoms. The highest BCUT2D eigenvalue weighted by Crippen LogP contribution is 2.34. The first-order valence-electron chi connectivity index (χ1n) is 17.0. The Morgan fingerprint density at radius 1 is 0.913 bits per heavy atom. The van der Waals surface area contributed by atoms with Gasteiger partial charge in [0.2, 0.25) is 18.1 Å². The van der Waals surface area contributed by atoms with Crippen LogP contribution >= 0.6 is 0 Å². The summed E-state index contributed by atoms with van der Waals surface area (Å²) in [5, 5.41) is 5.99. The maximum atomic E-state index is 14.5. The SMILES string of the molecule is CNC(CCCc1ccccc1)C(=O)[C@]([C]=O)(CC1CCCCC1)N(C)C(=O)[C@H](CCCCN)NC(=O)[C@@H](N)Cc1ccccc1. The lowest BCUT2D eigenvalue weighted by Gasteiger charge is -2.42. The van der Waals surface area contributed by atoms with Crippen LogP contribution in [0.3, 0.4) is 0 Å². The standard InChI is InChI=1S/C37H54N5O4/c1-40-32(23-14-21-28-15-6-3-7-16-28)34(44)37(27-43,26-30-19-10-5-11-20-30)42(2)36(46)33(22-12-13-24-38)41-35(45)31(39)25-29-17-8-4-9-18-29/h3-4,6-9,15-18,30-33,40H,5,10-14,19-26,38-39H2,1-2H3,(H,41,45)/t31-,32?,33-,37+/m0/s1. The quantitative estimate of drug-likeness (QED) is 0.129. The van der Waals surface area contributed by atoms with Gasteiger partial charge in [0.15, 0.2) is 11.3 Å². The maximum absolute atomic E-state index is 14.5. The molecule has 0 spiro atoms. The molecule has 46 heavy (non-hydrogen) atoms. The largest absolute Gasteiger partial charge is 0.343 e. The number of likely N-dealkylation sites (N-methyl/N-ethyl adjacent to an activating group) is 2. The summed E-state index contributed by atoms with van der Waals surface area (Å²) in [4.78, 5) is 56.5. The van der Waals surface area contributed by atoms with Gasteiger partial charge in [0, 0.05) is 7.05 Å². The van der Waals surface area contributed by atoms with Gasteiger partial charge >= 0.3 is 0 Å². The van der Waals surface area contributed by atoms with Crippen molar-refractivity contribution in [2.75, 3.05) is 20.6 Å². The van der Waals surface area contributed by atoms with Crippen molar-refractivity contribution in [3.63, 3.8) is 0 Å². The van der Waals surface area contributed by atoms with E-state index in [2.05, 4.69) is 29.1 Å². The fourth-order valence-corrected chi connectivity index (χ4v) is 6.63. The van der Waals surface area contributed by atoms with Crippen molar-refractivity contribution in [1.29, 1.82) is 0 Å². The monoisotopic (exact) mass is 632 g/mol. The number of carbonyl (C=O) groups is 3. The van der Waals surface area contributed by atoms with Crippen LogP contribution in [0.4, 0.5) is 0 Å². The number of amides is 2. The molecule has 2 aromatic carbocycles. The highest BCUT2D eigenvalue weighted by molar-refractivity contribution is 6.09. The molecule has 1 aliphatic carbocycles. The Balaban J connectivity index is 1.85. The Kier molecular flexibility index (Phi) is 15.6. The average Bonchev–Trinajstić information content (AvgIpc) is 3.09. The van der Waals surface area contributed by atoms with Crippen LogP contribution in [0.2, 0.25) is 0 Å². The van der Waals surface area contributed by atoms with Gasteiger partial charge < -0.3 is 27.0 Å². The van der Waals surface area contributed by atoms with Crippen molar-refractivity contribution in [2.24, 2.45) is 17.4 Å². The molecule has 9 heteroatoms. The summed E-state index contributed by atoms with van der Waals surface area (Å²) in [5.74, 6) is -1.20. The minimum atomic E-state index is -1.79. The van der Waals surface area contributed by atoms with Crippen LogP contribution in [0.15, 0.2) is 60.7 Å². The summed E-state index contributed by atoms with van der Waals surface area (Å²) < 4.78 is 0. The van der Waals surface area contributed by atoms with Crippen LogP contribution in [-0.2, 0) is 32.0 Å². The molecule has 1 radical (unpaired) electrons. The van der Waals surface area contributed by atoms with Gasteiger partial charge in [-0.15, -0.1) is 0 Å². The Hall–Kier alpha value is -3.40. The third kappa shape index (κ3) is 10.6. The van der Waals surface area contributed by atoms with Crippen LogP contribution in [0.5, 0.6) is 0 Å². The molecule has 1 unspecified atom stereocenters. The first-order valence-corrected chi connectivity index (χ1v) is 17.0. The van der Waals surface area contributed by atoms with Gasteiger partial charge in [0.1, 0.15) is 6.04 Å². The lowest BCUT2D eigenvalue weighted by molar-refractivity contribution is -0.145. The van der Waals surface area contributed by atoms with Crippen molar-refractivity contribution in [3.05, 3.63) is 71.8 Å².